The third-order valence-corrected chi connectivity index (χ3v) is 3.53. The number of carbonyl (C=O) groups excluding carboxylic acids is 2. The quantitative estimate of drug-likeness (QED) is 0.415. The van der Waals surface area contributed by atoms with Crippen molar-refractivity contribution in [3.8, 4) is 0 Å². The molecule has 0 aliphatic heterocycles. The predicted octanol–water partition coefficient (Wildman–Crippen LogP) is 2.11. The van der Waals surface area contributed by atoms with E-state index in [1.807, 2.05) is 6.08 Å². The summed E-state index contributed by atoms with van der Waals surface area (Å²) in [6.07, 6.45) is 5.89. The van der Waals surface area contributed by atoms with Crippen LogP contribution in [0.1, 0.15) is 33.1 Å². The van der Waals surface area contributed by atoms with Gasteiger partial charge in [-0.3, -0.25) is 9.59 Å². The van der Waals surface area contributed by atoms with E-state index in [2.05, 4.69) is 13.8 Å². The van der Waals surface area contributed by atoms with E-state index in [4.69, 9.17) is 4.74 Å². The zero-order valence-electron chi connectivity index (χ0n) is 9.86. The van der Waals surface area contributed by atoms with Gasteiger partial charge in [-0.25, -0.2) is 0 Å². The second kappa shape index (κ2) is 4.04. The van der Waals surface area contributed by atoms with Gasteiger partial charge in [0, 0.05) is 5.92 Å². The Morgan fingerprint density at radius 3 is 2.81 bits per heavy atom. The molecule has 2 atom stereocenters. The van der Waals surface area contributed by atoms with Crippen LogP contribution in [0.25, 0.3) is 0 Å². The molecule has 1 fully saturated rings. The van der Waals surface area contributed by atoms with Crippen LogP contribution in [0.5, 0.6) is 0 Å². The summed E-state index contributed by atoms with van der Waals surface area (Å²) in [6.45, 7) is 4.58. The van der Waals surface area contributed by atoms with Gasteiger partial charge in [-0.05, 0) is 25.2 Å². The van der Waals surface area contributed by atoms with Crippen LogP contribution in [-0.4, -0.2) is 18.4 Å². The standard InChI is InChI=1S/C13H18O3/c1-9(2)5-8-16-12(15)13-6-3-10(4-7-13)11(13)14/h3,6,9-10H,4-5,7-8H2,1-2H3. The number of esters is 1. The molecule has 2 unspecified atom stereocenters. The Labute approximate surface area is 95.9 Å². The van der Waals surface area contributed by atoms with Crippen molar-refractivity contribution < 1.29 is 14.3 Å². The molecule has 2 bridgehead atoms. The van der Waals surface area contributed by atoms with E-state index >= 15 is 0 Å². The molecule has 1 saturated carbocycles. The molecule has 16 heavy (non-hydrogen) atoms. The smallest absolute Gasteiger partial charge is 0.323 e. The minimum Gasteiger partial charge on any atom is -0.465 e. The third-order valence-electron chi connectivity index (χ3n) is 3.53. The van der Waals surface area contributed by atoms with Crippen LogP contribution in [0, 0.1) is 17.3 Å². The molecular formula is C13H18O3. The molecule has 0 heterocycles. The Bertz CT molecular complexity index is 343. The first-order chi connectivity index (χ1) is 7.56. The third kappa shape index (κ3) is 1.68. The van der Waals surface area contributed by atoms with Gasteiger partial charge in [0.15, 0.2) is 5.78 Å². The van der Waals surface area contributed by atoms with Gasteiger partial charge < -0.3 is 4.74 Å². The number of ether oxygens (including phenoxy) is 1. The van der Waals surface area contributed by atoms with Gasteiger partial charge in [-0.15, -0.1) is 0 Å². The average molecular weight is 222 g/mol. The van der Waals surface area contributed by atoms with Crippen molar-refractivity contribution in [1.29, 1.82) is 0 Å². The first-order valence-corrected chi connectivity index (χ1v) is 5.97. The second-order valence-corrected chi connectivity index (χ2v) is 5.16. The molecule has 2 aliphatic carbocycles. The summed E-state index contributed by atoms with van der Waals surface area (Å²) in [5.74, 6) is 0.186. The molecule has 0 aromatic rings. The Kier molecular flexibility index (Phi) is 2.87. The molecule has 0 aromatic heterocycles. The monoisotopic (exact) mass is 222 g/mol. The lowest BCUT2D eigenvalue weighted by molar-refractivity contribution is -0.156. The molecule has 3 nitrogen and oxygen atoms in total. The molecule has 2 aliphatic rings. The number of carbonyl (C=O) groups is 2. The van der Waals surface area contributed by atoms with E-state index in [1.165, 1.54) is 0 Å². The molecule has 0 saturated heterocycles. The fraction of sp³-hybridized carbons (Fsp3) is 0.692. The van der Waals surface area contributed by atoms with Crippen molar-refractivity contribution in [3.63, 3.8) is 0 Å². The van der Waals surface area contributed by atoms with E-state index in [1.54, 1.807) is 6.08 Å². The summed E-state index contributed by atoms with van der Waals surface area (Å²) < 4.78 is 5.22. The van der Waals surface area contributed by atoms with Gasteiger partial charge in [0.2, 0.25) is 0 Å². The van der Waals surface area contributed by atoms with Crippen molar-refractivity contribution in [2.24, 2.45) is 17.3 Å². The molecular weight excluding hydrogens is 204 g/mol. The van der Waals surface area contributed by atoms with Gasteiger partial charge in [0.05, 0.1) is 6.61 Å². The topological polar surface area (TPSA) is 43.4 Å². The normalized spacial score (nSPS) is 31.4. The number of fused-ring (bicyclic) bond motifs is 2. The van der Waals surface area contributed by atoms with Crippen LogP contribution in [-0.2, 0) is 14.3 Å². The van der Waals surface area contributed by atoms with Crippen molar-refractivity contribution in [2.45, 2.75) is 33.1 Å². The molecule has 2 rings (SSSR count). The number of ketones is 1. The van der Waals surface area contributed by atoms with Crippen LogP contribution >= 0.6 is 0 Å². The Balaban J connectivity index is 1.95. The summed E-state index contributed by atoms with van der Waals surface area (Å²) in [5.41, 5.74) is -0.915. The molecule has 0 spiro atoms. The summed E-state index contributed by atoms with van der Waals surface area (Å²) in [5, 5.41) is 0. The first-order valence-electron chi connectivity index (χ1n) is 5.97. The summed E-state index contributed by atoms with van der Waals surface area (Å²) >= 11 is 0. The minimum absolute atomic E-state index is 0.0300. The lowest BCUT2D eigenvalue weighted by Crippen LogP contribution is -2.34. The zero-order chi connectivity index (χ0) is 11.8. The molecule has 3 heteroatoms. The molecule has 0 N–H and O–H groups in total. The van der Waals surface area contributed by atoms with Crippen molar-refractivity contribution in [3.05, 3.63) is 12.2 Å². The summed E-state index contributed by atoms with van der Waals surface area (Å²) in [6, 6.07) is 0. The summed E-state index contributed by atoms with van der Waals surface area (Å²) in [7, 11) is 0. The number of hydrogen-bond acceptors (Lipinski definition) is 3. The highest BCUT2D eigenvalue weighted by Crippen LogP contribution is 2.46. The lowest BCUT2D eigenvalue weighted by atomic mass is 9.87. The largest absolute Gasteiger partial charge is 0.465 e. The van der Waals surface area contributed by atoms with Crippen molar-refractivity contribution >= 4 is 11.8 Å². The van der Waals surface area contributed by atoms with Gasteiger partial charge in [-0.1, -0.05) is 26.0 Å². The summed E-state index contributed by atoms with van der Waals surface area (Å²) in [4.78, 5) is 23.8. The van der Waals surface area contributed by atoms with Crippen LogP contribution in [0.3, 0.4) is 0 Å². The SMILES string of the molecule is CC(C)CCOC(=O)C12C=CC(CC1)C2=O. The fourth-order valence-corrected chi connectivity index (χ4v) is 2.38. The first kappa shape index (κ1) is 11.4. The van der Waals surface area contributed by atoms with E-state index in [0.717, 1.165) is 12.8 Å². The maximum absolute atomic E-state index is 11.9. The average Bonchev–Trinajstić information content (AvgIpc) is 2.73. The maximum atomic E-state index is 11.9. The lowest BCUT2D eigenvalue weighted by Gasteiger charge is -2.19. The molecule has 0 radical (unpaired) electrons. The zero-order valence-corrected chi connectivity index (χ0v) is 9.86. The van der Waals surface area contributed by atoms with E-state index < -0.39 is 5.41 Å². The Morgan fingerprint density at radius 2 is 2.38 bits per heavy atom. The van der Waals surface area contributed by atoms with Crippen LogP contribution in [0.2, 0.25) is 0 Å². The molecule has 88 valence electrons. The number of Topliss-reactive ketones (excluding diaryl/α,β-unsaturated/α-hetero) is 1. The highest BCUT2D eigenvalue weighted by molar-refractivity contribution is 6.11. The highest BCUT2D eigenvalue weighted by Gasteiger charge is 2.55. The van der Waals surface area contributed by atoms with Gasteiger partial charge in [0.25, 0.3) is 0 Å². The fourth-order valence-electron chi connectivity index (χ4n) is 2.38. The number of allylic oxidation sites excluding steroid dienone is 1. The van der Waals surface area contributed by atoms with Crippen LogP contribution < -0.4 is 0 Å². The van der Waals surface area contributed by atoms with Crippen molar-refractivity contribution in [2.75, 3.05) is 6.61 Å². The van der Waals surface area contributed by atoms with Crippen LogP contribution in [0.15, 0.2) is 12.2 Å². The maximum Gasteiger partial charge on any atom is 0.323 e. The Morgan fingerprint density at radius 1 is 1.62 bits per heavy atom. The van der Waals surface area contributed by atoms with E-state index in [0.29, 0.717) is 18.9 Å². The van der Waals surface area contributed by atoms with Gasteiger partial charge in [-0.2, -0.15) is 0 Å². The van der Waals surface area contributed by atoms with E-state index in [-0.39, 0.29) is 17.7 Å². The van der Waals surface area contributed by atoms with Gasteiger partial charge >= 0.3 is 5.97 Å². The second-order valence-electron chi connectivity index (χ2n) is 5.16. The number of hydrogen-bond donors (Lipinski definition) is 0. The van der Waals surface area contributed by atoms with Gasteiger partial charge in [0.1, 0.15) is 5.41 Å². The Hall–Kier alpha value is -1.12. The highest BCUT2D eigenvalue weighted by atomic mass is 16.5. The minimum atomic E-state index is -0.915. The van der Waals surface area contributed by atoms with Crippen molar-refractivity contribution in [1.82, 2.24) is 0 Å². The van der Waals surface area contributed by atoms with Crippen LogP contribution in [0.4, 0.5) is 0 Å². The van der Waals surface area contributed by atoms with E-state index in [9.17, 15) is 9.59 Å². The predicted molar refractivity (Wildman–Crippen MR) is 59.7 cm³/mol. The molecule has 0 amide bonds. The number of rotatable bonds is 4. The molecule has 0 aromatic carbocycles.